The fraction of sp³-hybridized carbons (Fsp3) is 0.409. The normalized spacial score (nSPS) is 15.9. The highest BCUT2D eigenvalue weighted by Gasteiger charge is 2.26. The maximum atomic E-state index is 12.8. The van der Waals surface area contributed by atoms with E-state index in [0.717, 1.165) is 0 Å². The van der Waals surface area contributed by atoms with Crippen molar-refractivity contribution in [1.29, 1.82) is 0 Å². The summed E-state index contributed by atoms with van der Waals surface area (Å²) >= 11 is -2.66. The van der Waals surface area contributed by atoms with E-state index < -0.39 is 33.0 Å². The highest BCUT2D eigenvalue weighted by Crippen LogP contribution is 2.31. The number of rotatable bonds is 6. The van der Waals surface area contributed by atoms with Gasteiger partial charge in [0.05, 0.1) is 16.3 Å². The molecule has 0 spiro atoms. The molecular formula is C22H29N4O6S2-. The molecule has 0 bridgehead atoms. The van der Waals surface area contributed by atoms with Gasteiger partial charge in [0.2, 0.25) is 0 Å². The second-order valence-electron chi connectivity index (χ2n) is 8.80. The summed E-state index contributed by atoms with van der Waals surface area (Å²) in [4.78, 5) is 15.9. The molecule has 10 nitrogen and oxygen atoms in total. The number of benzene rings is 2. The van der Waals surface area contributed by atoms with Crippen LogP contribution >= 0.6 is 0 Å². The number of amides is 1. The van der Waals surface area contributed by atoms with Gasteiger partial charge in [0.25, 0.3) is 10.0 Å². The van der Waals surface area contributed by atoms with E-state index in [0.29, 0.717) is 44.0 Å². The predicted molar refractivity (Wildman–Crippen MR) is 131 cm³/mol. The summed E-state index contributed by atoms with van der Waals surface area (Å²) in [5.41, 5.74) is 0.445. The Kier molecular flexibility index (Phi) is 8.05. The number of hydrogen-bond acceptors (Lipinski definition) is 7. The van der Waals surface area contributed by atoms with Crippen LogP contribution in [0.3, 0.4) is 0 Å². The molecule has 3 rings (SSSR count). The molecule has 2 aromatic rings. The Bertz CT molecular complexity index is 1140. The van der Waals surface area contributed by atoms with Crippen LogP contribution in [0.15, 0.2) is 53.4 Å². The van der Waals surface area contributed by atoms with Gasteiger partial charge in [0.15, 0.2) is 0 Å². The monoisotopic (exact) mass is 509 g/mol. The first-order valence-corrected chi connectivity index (χ1v) is 13.3. The van der Waals surface area contributed by atoms with Crippen molar-refractivity contribution in [1.82, 2.24) is 4.90 Å². The predicted octanol–water partition coefficient (Wildman–Crippen LogP) is 3.14. The number of carbonyl (C=O) groups excluding carboxylic acids is 1. The second kappa shape index (κ2) is 10.6. The number of anilines is 3. The number of ether oxygens (including phenoxy) is 1. The highest BCUT2D eigenvalue weighted by atomic mass is 32.2. The van der Waals surface area contributed by atoms with E-state index in [9.17, 15) is 22.0 Å². The van der Waals surface area contributed by atoms with E-state index >= 15 is 0 Å². The molecule has 0 radical (unpaired) electrons. The molecule has 2 aromatic carbocycles. The lowest BCUT2D eigenvalue weighted by Gasteiger charge is -2.28. The molecule has 1 unspecified atom stereocenters. The number of carbonyl (C=O) groups is 1. The fourth-order valence-electron chi connectivity index (χ4n) is 3.52. The zero-order valence-corrected chi connectivity index (χ0v) is 20.9. The maximum absolute atomic E-state index is 12.8. The number of hydrogen-bond donors (Lipinski definition) is 2. The number of sulfonamides is 1. The van der Waals surface area contributed by atoms with Crippen molar-refractivity contribution >= 4 is 44.4 Å². The van der Waals surface area contributed by atoms with Gasteiger partial charge in [-0.05, 0) is 57.5 Å². The summed E-state index contributed by atoms with van der Waals surface area (Å²) in [5.74, 6) is 0. The Morgan fingerprint density at radius 1 is 1.06 bits per heavy atom. The van der Waals surface area contributed by atoms with E-state index in [2.05, 4.69) is 9.44 Å². The summed E-state index contributed by atoms with van der Waals surface area (Å²) in [6.07, 6.45) is 0.233. The van der Waals surface area contributed by atoms with Crippen LogP contribution in [0.5, 0.6) is 0 Å². The molecule has 1 saturated heterocycles. The Morgan fingerprint density at radius 3 is 2.41 bits per heavy atom. The minimum absolute atomic E-state index is 0.0849. The number of nitrogens with zero attached hydrogens (tertiary/aromatic N) is 2. The molecule has 0 saturated carbocycles. The third kappa shape index (κ3) is 7.08. The smallest absolute Gasteiger partial charge is 0.410 e. The van der Waals surface area contributed by atoms with Gasteiger partial charge in [0.1, 0.15) is 5.60 Å². The Hall–Kier alpha value is -2.83. The fourth-order valence-corrected chi connectivity index (χ4v) is 4.94. The van der Waals surface area contributed by atoms with E-state index in [1.165, 1.54) is 12.1 Å². The third-order valence-corrected chi connectivity index (χ3v) is 6.75. The minimum Gasteiger partial charge on any atom is -0.755 e. The van der Waals surface area contributed by atoms with E-state index in [4.69, 9.17) is 4.74 Å². The first kappa shape index (κ1) is 25.8. The van der Waals surface area contributed by atoms with E-state index in [1.807, 2.05) is 4.90 Å². The second-order valence-corrected chi connectivity index (χ2v) is 11.2. The zero-order valence-electron chi connectivity index (χ0n) is 19.3. The van der Waals surface area contributed by atoms with Gasteiger partial charge in [-0.3, -0.25) is 8.93 Å². The minimum atomic E-state index is -3.94. The highest BCUT2D eigenvalue weighted by molar-refractivity contribution is 7.92. The average molecular weight is 510 g/mol. The quantitative estimate of drug-likeness (QED) is 0.572. The Morgan fingerprint density at radius 2 is 1.76 bits per heavy atom. The summed E-state index contributed by atoms with van der Waals surface area (Å²) < 4.78 is 58.8. The summed E-state index contributed by atoms with van der Waals surface area (Å²) in [7, 11) is -3.94. The van der Waals surface area contributed by atoms with Crippen LogP contribution in [0.1, 0.15) is 27.2 Å². The third-order valence-electron chi connectivity index (χ3n) is 4.99. The first-order valence-electron chi connectivity index (χ1n) is 10.8. The van der Waals surface area contributed by atoms with Crippen LogP contribution in [0.2, 0.25) is 0 Å². The lowest BCUT2D eigenvalue weighted by Crippen LogP contribution is -2.39. The Labute approximate surface area is 202 Å². The van der Waals surface area contributed by atoms with E-state index in [1.54, 1.807) is 62.1 Å². The largest absolute Gasteiger partial charge is 0.755 e. The van der Waals surface area contributed by atoms with Crippen LogP contribution in [-0.4, -0.2) is 60.0 Å². The molecule has 2 N–H and O–H groups in total. The maximum Gasteiger partial charge on any atom is 0.410 e. The van der Waals surface area contributed by atoms with Crippen LogP contribution in [0, 0.1) is 0 Å². The molecule has 0 aliphatic carbocycles. The molecule has 1 aliphatic heterocycles. The lowest BCUT2D eigenvalue weighted by atomic mass is 10.2. The van der Waals surface area contributed by atoms with Crippen LogP contribution < -0.4 is 14.3 Å². The van der Waals surface area contributed by atoms with Gasteiger partial charge < -0.3 is 23.8 Å². The molecule has 1 heterocycles. The summed E-state index contributed by atoms with van der Waals surface area (Å²) in [6.45, 7) is 7.26. The van der Waals surface area contributed by atoms with Crippen molar-refractivity contribution < 1.29 is 26.7 Å². The topological polar surface area (TPSA) is 131 Å². The SMILES string of the molecule is CC(C)(C)OC(=O)N1CCCN(c2ccc(S(=O)(=O)Nc3ccccc3)cc2NS(=O)[O-])CC1. The zero-order chi connectivity index (χ0) is 24.9. The molecule has 1 fully saturated rings. The van der Waals surface area contributed by atoms with Crippen molar-refractivity contribution in [3.63, 3.8) is 0 Å². The van der Waals surface area contributed by atoms with Crippen molar-refractivity contribution in [2.75, 3.05) is 40.5 Å². The first-order chi connectivity index (χ1) is 15.9. The Balaban J connectivity index is 1.82. The van der Waals surface area contributed by atoms with Gasteiger partial charge >= 0.3 is 6.09 Å². The van der Waals surface area contributed by atoms with Crippen LogP contribution in [0.4, 0.5) is 21.9 Å². The van der Waals surface area contributed by atoms with Gasteiger partial charge in [-0.1, -0.05) is 18.2 Å². The molecule has 12 heteroatoms. The molecule has 34 heavy (non-hydrogen) atoms. The molecule has 1 atom stereocenters. The van der Waals surface area contributed by atoms with Gasteiger partial charge in [-0.25, -0.2) is 13.2 Å². The summed E-state index contributed by atoms with van der Waals surface area (Å²) in [6, 6.07) is 12.7. The molecular weight excluding hydrogens is 480 g/mol. The molecule has 186 valence electrons. The van der Waals surface area contributed by atoms with Gasteiger partial charge in [0, 0.05) is 43.1 Å². The van der Waals surface area contributed by atoms with Crippen molar-refractivity contribution in [2.24, 2.45) is 0 Å². The van der Waals surface area contributed by atoms with Gasteiger partial charge in [-0.2, -0.15) is 0 Å². The average Bonchev–Trinajstić information content (AvgIpc) is 2.99. The van der Waals surface area contributed by atoms with Crippen molar-refractivity contribution in [3.8, 4) is 0 Å². The van der Waals surface area contributed by atoms with Crippen LogP contribution in [-0.2, 0) is 26.0 Å². The number of nitrogens with one attached hydrogen (secondary N) is 2. The lowest BCUT2D eigenvalue weighted by molar-refractivity contribution is 0.0263. The van der Waals surface area contributed by atoms with Crippen molar-refractivity contribution in [2.45, 2.75) is 37.7 Å². The summed E-state index contributed by atoms with van der Waals surface area (Å²) in [5, 5.41) is 0. The molecule has 1 aliphatic rings. The van der Waals surface area contributed by atoms with Crippen molar-refractivity contribution in [3.05, 3.63) is 48.5 Å². The molecule has 0 aromatic heterocycles. The standard InChI is InChI=1S/C22H30N4O6S2/c1-22(2,3)32-21(27)26-13-7-12-25(14-15-26)20-11-10-18(16-19(20)23-33(28)29)34(30,31)24-17-8-5-4-6-9-17/h4-6,8-11,16,23-24H,7,12-15H2,1-3H3,(H,28,29)/p-1. The molecule has 1 amide bonds. The van der Waals surface area contributed by atoms with E-state index in [-0.39, 0.29) is 10.6 Å². The van der Waals surface area contributed by atoms with Crippen LogP contribution in [0.25, 0.3) is 0 Å². The van der Waals surface area contributed by atoms with Gasteiger partial charge in [-0.15, -0.1) is 0 Å². The number of para-hydroxylation sites is 1.